The molecule has 0 aromatic heterocycles. The Morgan fingerprint density at radius 3 is 2.62 bits per heavy atom. The van der Waals surface area contributed by atoms with Crippen LogP contribution in [0.1, 0.15) is 25.3 Å². The molecule has 0 heterocycles. The number of carbonyl (C=O) groups is 1. The first kappa shape index (κ1) is 12.8. The van der Waals surface area contributed by atoms with Gasteiger partial charge in [-0.15, -0.1) is 11.6 Å². The van der Waals surface area contributed by atoms with Crippen LogP contribution in [0.15, 0.2) is 24.3 Å². The second-order valence-corrected chi connectivity index (χ2v) is 4.34. The van der Waals surface area contributed by atoms with Gasteiger partial charge in [0.15, 0.2) is 5.38 Å². The van der Waals surface area contributed by atoms with Gasteiger partial charge >= 0.3 is 5.97 Å². The lowest BCUT2D eigenvalue weighted by atomic mass is 10.0. The topological polar surface area (TPSA) is 46.5 Å². The van der Waals surface area contributed by atoms with Crippen molar-refractivity contribution in [2.45, 2.75) is 25.1 Å². The molecule has 0 aliphatic heterocycles. The smallest absolute Gasteiger partial charge is 0.325 e. The van der Waals surface area contributed by atoms with Gasteiger partial charge in [0.1, 0.15) is 12.4 Å². The van der Waals surface area contributed by atoms with Crippen LogP contribution in [0.4, 0.5) is 0 Å². The normalized spacial score (nSPS) is 12.5. The van der Waals surface area contributed by atoms with Crippen LogP contribution in [-0.2, 0) is 4.79 Å². The summed E-state index contributed by atoms with van der Waals surface area (Å²) in [5, 5.41) is 7.61. The molecule has 0 fully saturated rings. The number of hydrogen-bond donors (Lipinski definition) is 1. The fourth-order valence-corrected chi connectivity index (χ4v) is 1.39. The lowest BCUT2D eigenvalue weighted by molar-refractivity contribution is -0.137. The third-order valence-corrected chi connectivity index (χ3v) is 2.51. The molecule has 0 spiro atoms. The number of carboxylic acid groups (broad SMARTS) is 1. The van der Waals surface area contributed by atoms with Crippen LogP contribution < -0.4 is 4.74 Å². The summed E-state index contributed by atoms with van der Waals surface area (Å²) in [6.07, 6.45) is 0. The van der Waals surface area contributed by atoms with Crippen molar-refractivity contribution in [3.05, 3.63) is 29.8 Å². The van der Waals surface area contributed by atoms with Crippen molar-refractivity contribution >= 4 is 17.6 Å². The molecule has 0 amide bonds. The number of benzene rings is 1. The largest absolute Gasteiger partial charge is 0.491 e. The Morgan fingerprint density at radius 1 is 1.44 bits per heavy atom. The van der Waals surface area contributed by atoms with Gasteiger partial charge in [0.2, 0.25) is 0 Å². The summed E-state index contributed by atoms with van der Waals surface area (Å²) in [7, 11) is 0. The van der Waals surface area contributed by atoms with E-state index in [1.165, 1.54) is 0 Å². The van der Waals surface area contributed by atoms with E-state index < -0.39 is 11.3 Å². The predicted octanol–water partition coefficient (Wildman–Crippen LogP) is 2.88. The molecule has 88 valence electrons. The van der Waals surface area contributed by atoms with Crippen molar-refractivity contribution in [1.29, 1.82) is 0 Å². The summed E-state index contributed by atoms with van der Waals surface area (Å²) in [5.74, 6) is -0.0390. The van der Waals surface area contributed by atoms with Gasteiger partial charge in [-0.2, -0.15) is 0 Å². The van der Waals surface area contributed by atoms with Gasteiger partial charge in [0.25, 0.3) is 0 Å². The van der Waals surface area contributed by atoms with Crippen molar-refractivity contribution in [2.75, 3.05) is 6.61 Å². The Bertz CT molecular complexity index is 363. The number of aliphatic carboxylic acids is 1. The highest BCUT2D eigenvalue weighted by Crippen LogP contribution is 2.26. The molecule has 16 heavy (non-hydrogen) atoms. The average molecular weight is 243 g/mol. The van der Waals surface area contributed by atoms with Gasteiger partial charge in [0, 0.05) is 0 Å². The van der Waals surface area contributed by atoms with Gasteiger partial charge in [0.05, 0.1) is 0 Å². The maximum Gasteiger partial charge on any atom is 0.325 e. The molecule has 3 nitrogen and oxygen atoms in total. The maximum absolute atomic E-state index is 10.5. The van der Waals surface area contributed by atoms with Crippen molar-refractivity contribution in [3.8, 4) is 5.75 Å². The second-order valence-electron chi connectivity index (χ2n) is 3.81. The molecule has 0 saturated heterocycles. The third-order valence-electron chi connectivity index (χ3n) is 2.19. The van der Waals surface area contributed by atoms with Gasteiger partial charge < -0.3 is 9.84 Å². The number of carboxylic acids is 1. The molecule has 1 aromatic carbocycles. The molecule has 0 aliphatic carbocycles. The fourth-order valence-electron chi connectivity index (χ4n) is 1.32. The van der Waals surface area contributed by atoms with E-state index in [1.54, 1.807) is 0 Å². The highest BCUT2D eigenvalue weighted by Gasteiger charge is 2.15. The van der Waals surface area contributed by atoms with Crippen molar-refractivity contribution < 1.29 is 14.6 Å². The molecule has 0 radical (unpaired) electrons. The molecule has 1 rings (SSSR count). The monoisotopic (exact) mass is 242 g/mol. The molecule has 0 aliphatic rings. The van der Waals surface area contributed by atoms with E-state index in [-0.39, 0.29) is 6.61 Å². The molecule has 1 atom stereocenters. The van der Waals surface area contributed by atoms with Crippen LogP contribution in [0.2, 0.25) is 0 Å². The SMILES string of the molecule is CC(C)c1ccccc1OCC(Cl)C(=O)O. The van der Waals surface area contributed by atoms with Gasteiger partial charge in [-0.1, -0.05) is 32.0 Å². The number of rotatable bonds is 5. The van der Waals surface area contributed by atoms with Crippen LogP contribution in [0.25, 0.3) is 0 Å². The van der Waals surface area contributed by atoms with E-state index in [9.17, 15) is 4.79 Å². The van der Waals surface area contributed by atoms with Crippen LogP contribution in [-0.4, -0.2) is 23.1 Å². The lowest BCUT2D eigenvalue weighted by Crippen LogP contribution is -2.21. The minimum Gasteiger partial charge on any atom is -0.491 e. The quantitative estimate of drug-likeness (QED) is 0.808. The Labute approximate surface area is 100.0 Å². The zero-order valence-corrected chi connectivity index (χ0v) is 10.1. The first-order valence-corrected chi connectivity index (χ1v) is 5.54. The predicted molar refractivity (Wildman–Crippen MR) is 63.3 cm³/mol. The Hall–Kier alpha value is -1.22. The van der Waals surface area contributed by atoms with Crippen molar-refractivity contribution in [3.63, 3.8) is 0 Å². The molecule has 4 heteroatoms. The first-order chi connectivity index (χ1) is 7.52. The van der Waals surface area contributed by atoms with Gasteiger partial charge in [-0.05, 0) is 17.5 Å². The van der Waals surface area contributed by atoms with E-state index in [2.05, 4.69) is 13.8 Å². The van der Waals surface area contributed by atoms with E-state index in [1.807, 2.05) is 24.3 Å². The number of para-hydroxylation sites is 1. The number of hydrogen-bond acceptors (Lipinski definition) is 2. The summed E-state index contributed by atoms with van der Waals surface area (Å²) in [6.45, 7) is 4.08. The van der Waals surface area contributed by atoms with E-state index >= 15 is 0 Å². The minimum absolute atomic E-state index is 0.0272. The second kappa shape index (κ2) is 5.75. The number of ether oxygens (including phenoxy) is 1. The average Bonchev–Trinajstić information content (AvgIpc) is 2.25. The Kier molecular flexibility index (Phi) is 4.62. The highest BCUT2D eigenvalue weighted by atomic mass is 35.5. The Balaban J connectivity index is 2.70. The van der Waals surface area contributed by atoms with E-state index in [0.717, 1.165) is 5.56 Å². The summed E-state index contributed by atoms with van der Waals surface area (Å²) in [6, 6.07) is 7.56. The maximum atomic E-state index is 10.5. The van der Waals surface area contributed by atoms with Crippen LogP contribution >= 0.6 is 11.6 Å². The van der Waals surface area contributed by atoms with E-state index in [4.69, 9.17) is 21.4 Å². The zero-order valence-electron chi connectivity index (χ0n) is 9.31. The van der Waals surface area contributed by atoms with Crippen LogP contribution in [0.3, 0.4) is 0 Å². The summed E-state index contributed by atoms with van der Waals surface area (Å²) in [4.78, 5) is 10.5. The van der Waals surface area contributed by atoms with Crippen molar-refractivity contribution in [1.82, 2.24) is 0 Å². The highest BCUT2D eigenvalue weighted by molar-refractivity contribution is 6.29. The fraction of sp³-hybridized carbons (Fsp3) is 0.417. The first-order valence-electron chi connectivity index (χ1n) is 5.11. The van der Waals surface area contributed by atoms with Crippen LogP contribution in [0, 0.1) is 0 Å². The molecule has 1 N–H and O–H groups in total. The molecule has 1 aromatic rings. The van der Waals surface area contributed by atoms with Crippen LogP contribution in [0.5, 0.6) is 5.75 Å². The summed E-state index contributed by atoms with van der Waals surface area (Å²) in [5.41, 5.74) is 1.05. The minimum atomic E-state index is -1.07. The zero-order chi connectivity index (χ0) is 12.1. The molecule has 0 bridgehead atoms. The lowest BCUT2D eigenvalue weighted by Gasteiger charge is -2.14. The molecular formula is C12H15ClO3. The van der Waals surface area contributed by atoms with E-state index in [0.29, 0.717) is 11.7 Å². The van der Waals surface area contributed by atoms with Gasteiger partial charge in [-0.3, -0.25) is 4.79 Å². The Morgan fingerprint density at radius 2 is 2.06 bits per heavy atom. The van der Waals surface area contributed by atoms with Crippen molar-refractivity contribution in [2.24, 2.45) is 0 Å². The van der Waals surface area contributed by atoms with Gasteiger partial charge in [-0.25, -0.2) is 0 Å². The standard InChI is InChI=1S/C12H15ClO3/c1-8(2)9-5-3-4-6-11(9)16-7-10(13)12(14)15/h3-6,8,10H,7H2,1-2H3,(H,14,15). The molecule has 1 unspecified atom stereocenters. The molecule has 0 saturated carbocycles. The third kappa shape index (κ3) is 3.42. The molecular weight excluding hydrogens is 228 g/mol. The number of alkyl halides is 1. The summed E-state index contributed by atoms with van der Waals surface area (Å²) >= 11 is 5.57. The number of halogens is 1. The summed E-state index contributed by atoms with van der Waals surface area (Å²) < 4.78 is 5.41.